The molecule has 1 atom stereocenters. The van der Waals surface area contributed by atoms with Crippen LogP contribution in [-0.2, 0) is 4.79 Å². The zero-order valence-electron chi connectivity index (χ0n) is 7.38. The van der Waals surface area contributed by atoms with Gasteiger partial charge in [0, 0.05) is 11.8 Å². The van der Waals surface area contributed by atoms with Gasteiger partial charge in [-0.3, -0.25) is 4.79 Å². The van der Waals surface area contributed by atoms with Crippen molar-refractivity contribution < 1.29 is 4.79 Å². The molecule has 2 nitrogen and oxygen atoms in total. The molecule has 0 saturated carbocycles. The first-order valence-electron chi connectivity index (χ1n) is 4.34. The molecular formula is C9H15NOS. The molecule has 1 aliphatic heterocycles. The average molecular weight is 185 g/mol. The first-order valence-corrected chi connectivity index (χ1v) is 5.49. The Hall–Kier alpha value is -0.440. The number of carbonyl (C=O) groups is 1. The molecule has 0 bridgehead atoms. The third kappa shape index (κ3) is 3.30. The SMILES string of the molecule is C/C=C/C(=O)NC1CCCSC1. The molecule has 12 heavy (non-hydrogen) atoms. The minimum Gasteiger partial charge on any atom is -0.349 e. The number of rotatable bonds is 2. The van der Waals surface area contributed by atoms with Gasteiger partial charge < -0.3 is 5.32 Å². The number of thioether (sulfide) groups is 1. The van der Waals surface area contributed by atoms with Crippen molar-refractivity contribution in [3.05, 3.63) is 12.2 Å². The van der Waals surface area contributed by atoms with Gasteiger partial charge in [-0.2, -0.15) is 11.8 Å². The van der Waals surface area contributed by atoms with Gasteiger partial charge in [-0.1, -0.05) is 6.08 Å². The lowest BCUT2D eigenvalue weighted by atomic mass is 10.2. The van der Waals surface area contributed by atoms with Gasteiger partial charge >= 0.3 is 0 Å². The smallest absolute Gasteiger partial charge is 0.243 e. The Morgan fingerprint density at radius 3 is 3.08 bits per heavy atom. The van der Waals surface area contributed by atoms with E-state index >= 15 is 0 Å². The van der Waals surface area contributed by atoms with Gasteiger partial charge in [0.2, 0.25) is 5.91 Å². The van der Waals surface area contributed by atoms with Gasteiger partial charge in [0.25, 0.3) is 0 Å². The van der Waals surface area contributed by atoms with E-state index in [0.717, 1.165) is 12.2 Å². The number of nitrogens with one attached hydrogen (secondary N) is 1. The van der Waals surface area contributed by atoms with E-state index in [1.807, 2.05) is 18.7 Å². The summed E-state index contributed by atoms with van der Waals surface area (Å²) in [7, 11) is 0. The summed E-state index contributed by atoms with van der Waals surface area (Å²) < 4.78 is 0. The summed E-state index contributed by atoms with van der Waals surface area (Å²) in [5.74, 6) is 2.37. The lowest BCUT2D eigenvalue weighted by molar-refractivity contribution is -0.117. The molecule has 0 radical (unpaired) electrons. The highest BCUT2D eigenvalue weighted by Crippen LogP contribution is 2.16. The summed E-state index contributed by atoms with van der Waals surface area (Å²) >= 11 is 1.92. The van der Waals surface area contributed by atoms with Crippen molar-refractivity contribution in [3.8, 4) is 0 Å². The predicted octanol–water partition coefficient (Wildman–Crippen LogP) is 1.57. The summed E-state index contributed by atoms with van der Waals surface area (Å²) in [5.41, 5.74) is 0. The van der Waals surface area contributed by atoms with Gasteiger partial charge in [-0.25, -0.2) is 0 Å². The van der Waals surface area contributed by atoms with Crippen LogP contribution in [0.1, 0.15) is 19.8 Å². The van der Waals surface area contributed by atoms with E-state index in [9.17, 15) is 4.79 Å². The molecule has 0 aromatic carbocycles. The Labute approximate surface area is 77.8 Å². The molecule has 1 aliphatic rings. The normalized spacial score (nSPS) is 24.2. The highest BCUT2D eigenvalue weighted by atomic mass is 32.2. The van der Waals surface area contributed by atoms with E-state index in [4.69, 9.17) is 0 Å². The molecule has 0 aliphatic carbocycles. The Morgan fingerprint density at radius 1 is 1.67 bits per heavy atom. The fraction of sp³-hybridized carbons (Fsp3) is 0.667. The van der Waals surface area contributed by atoms with Crippen molar-refractivity contribution in [1.29, 1.82) is 0 Å². The van der Waals surface area contributed by atoms with Crippen LogP contribution in [0, 0.1) is 0 Å². The lowest BCUT2D eigenvalue weighted by Crippen LogP contribution is -2.37. The Balaban J connectivity index is 2.24. The largest absolute Gasteiger partial charge is 0.349 e. The minimum atomic E-state index is 0.0463. The highest BCUT2D eigenvalue weighted by molar-refractivity contribution is 7.99. The van der Waals surface area contributed by atoms with Crippen LogP contribution in [0.3, 0.4) is 0 Å². The number of allylic oxidation sites excluding steroid dienone is 1. The van der Waals surface area contributed by atoms with Crippen molar-refractivity contribution in [2.75, 3.05) is 11.5 Å². The van der Waals surface area contributed by atoms with Crippen molar-refractivity contribution in [2.24, 2.45) is 0 Å². The summed E-state index contributed by atoms with van der Waals surface area (Å²) in [6.45, 7) is 1.86. The molecule has 1 unspecified atom stereocenters. The zero-order chi connectivity index (χ0) is 8.81. The van der Waals surface area contributed by atoms with Crippen LogP contribution in [0.2, 0.25) is 0 Å². The van der Waals surface area contributed by atoms with E-state index in [-0.39, 0.29) is 5.91 Å². The summed E-state index contributed by atoms with van der Waals surface area (Å²) in [6, 6.07) is 0.396. The number of carbonyl (C=O) groups excluding carboxylic acids is 1. The fourth-order valence-electron chi connectivity index (χ4n) is 1.26. The number of hydrogen-bond acceptors (Lipinski definition) is 2. The molecule has 1 fully saturated rings. The number of amides is 1. The number of hydrogen-bond donors (Lipinski definition) is 1. The third-order valence-corrected chi connectivity index (χ3v) is 3.04. The maximum atomic E-state index is 11.1. The van der Waals surface area contributed by atoms with E-state index < -0.39 is 0 Å². The molecular weight excluding hydrogens is 170 g/mol. The monoisotopic (exact) mass is 185 g/mol. The fourth-order valence-corrected chi connectivity index (χ4v) is 2.33. The van der Waals surface area contributed by atoms with Gasteiger partial charge in [-0.05, 0) is 31.6 Å². The Kier molecular flexibility index (Phi) is 4.22. The second kappa shape index (κ2) is 5.25. The standard InChI is InChI=1S/C9H15NOS/c1-2-4-9(11)10-8-5-3-6-12-7-8/h2,4,8H,3,5-7H2,1H3,(H,10,11)/b4-2+. The van der Waals surface area contributed by atoms with E-state index in [2.05, 4.69) is 5.32 Å². The van der Waals surface area contributed by atoms with Crippen molar-refractivity contribution in [3.63, 3.8) is 0 Å². The molecule has 1 rings (SSSR count). The van der Waals surface area contributed by atoms with Crippen LogP contribution < -0.4 is 5.32 Å². The van der Waals surface area contributed by atoms with Crippen molar-refractivity contribution >= 4 is 17.7 Å². The van der Waals surface area contributed by atoms with E-state index in [1.165, 1.54) is 12.2 Å². The maximum absolute atomic E-state index is 11.1. The molecule has 1 heterocycles. The highest BCUT2D eigenvalue weighted by Gasteiger charge is 2.14. The Bertz CT molecular complexity index is 173. The van der Waals surface area contributed by atoms with Gasteiger partial charge in [-0.15, -0.1) is 0 Å². The second-order valence-electron chi connectivity index (χ2n) is 2.92. The molecule has 0 spiro atoms. The maximum Gasteiger partial charge on any atom is 0.243 e. The first kappa shape index (κ1) is 9.65. The molecule has 1 amide bonds. The minimum absolute atomic E-state index is 0.0463. The van der Waals surface area contributed by atoms with Crippen LogP contribution in [0.5, 0.6) is 0 Å². The van der Waals surface area contributed by atoms with Crippen LogP contribution in [0.4, 0.5) is 0 Å². The van der Waals surface area contributed by atoms with Crippen molar-refractivity contribution in [1.82, 2.24) is 5.32 Å². The van der Waals surface area contributed by atoms with Gasteiger partial charge in [0.1, 0.15) is 0 Å². The summed E-state index contributed by atoms with van der Waals surface area (Å²) in [5, 5.41) is 2.97. The molecule has 68 valence electrons. The second-order valence-corrected chi connectivity index (χ2v) is 4.07. The predicted molar refractivity (Wildman–Crippen MR) is 53.3 cm³/mol. The summed E-state index contributed by atoms with van der Waals surface area (Å²) in [4.78, 5) is 11.1. The molecule has 0 aromatic rings. The lowest BCUT2D eigenvalue weighted by Gasteiger charge is -2.21. The molecule has 1 N–H and O–H groups in total. The first-order chi connectivity index (χ1) is 5.83. The zero-order valence-corrected chi connectivity index (χ0v) is 8.19. The van der Waals surface area contributed by atoms with Crippen LogP contribution in [-0.4, -0.2) is 23.5 Å². The third-order valence-electron chi connectivity index (χ3n) is 1.82. The van der Waals surface area contributed by atoms with Crippen LogP contribution in [0.15, 0.2) is 12.2 Å². The average Bonchev–Trinajstić information content (AvgIpc) is 2.06. The summed E-state index contributed by atoms with van der Waals surface area (Å²) in [6.07, 6.45) is 5.71. The Morgan fingerprint density at radius 2 is 2.50 bits per heavy atom. The van der Waals surface area contributed by atoms with Gasteiger partial charge in [0.05, 0.1) is 0 Å². The topological polar surface area (TPSA) is 29.1 Å². The molecule has 3 heteroatoms. The van der Waals surface area contributed by atoms with Crippen LogP contribution in [0.25, 0.3) is 0 Å². The van der Waals surface area contributed by atoms with Crippen LogP contribution >= 0.6 is 11.8 Å². The van der Waals surface area contributed by atoms with E-state index in [1.54, 1.807) is 12.2 Å². The molecule has 0 aromatic heterocycles. The van der Waals surface area contributed by atoms with E-state index in [0.29, 0.717) is 6.04 Å². The van der Waals surface area contributed by atoms with Gasteiger partial charge in [0.15, 0.2) is 0 Å². The quantitative estimate of drug-likeness (QED) is 0.662. The molecule has 1 saturated heterocycles. The van der Waals surface area contributed by atoms with Crippen molar-refractivity contribution in [2.45, 2.75) is 25.8 Å².